The first-order valence-electron chi connectivity index (χ1n) is 13.1. The van der Waals surface area contributed by atoms with Crippen molar-refractivity contribution < 1.29 is 41.5 Å². The summed E-state index contributed by atoms with van der Waals surface area (Å²) < 4.78 is 0. The molecule has 0 spiro atoms. The van der Waals surface area contributed by atoms with Crippen molar-refractivity contribution >= 4 is 55.0 Å². The first-order chi connectivity index (χ1) is 19.2. The summed E-state index contributed by atoms with van der Waals surface area (Å²) in [5, 5.41) is 26.8. The Kier molecular flexibility index (Phi) is 10.6. The summed E-state index contributed by atoms with van der Waals surface area (Å²) in [5.74, 6) is -1.87. The third kappa shape index (κ3) is 7.29. The van der Waals surface area contributed by atoms with Gasteiger partial charge >= 0.3 is 33.7 Å². The minimum Gasteiger partial charge on any atom is -0.478 e. The summed E-state index contributed by atoms with van der Waals surface area (Å²) in [6.45, 7) is 9.20. The van der Waals surface area contributed by atoms with Gasteiger partial charge in [-0.3, -0.25) is 0 Å². The van der Waals surface area contributed by atoms with E-state index in [0.717, 1.165) is 12.8 Å². The van der Waals surface area contributed by atoms with Crippen LogP contribution in [-0.4, -0.2) is 22.2 Å². The normalized spacial score (nSPS) is 10.3. The Morgan fingerprint density at radius 3 is 1.24 bits per heavy atom. The van der Waals surface area contributed by atoms with Crippen LogP contribution in [0.15, 0.2) is 121 Å². The standard InChI is InChI=1S/C28H20.2C4H6O2.Ti/c1-3-11-23-21(7-1)17-27-19(9-5-13-25(23)27)15-16-20-10-6-14-26-24-12-4-2-8-22(24)18-28(20)26;2*1-3(2)4(5)6;/h1-14,17-18H,15-16H2;2*1H2,2H3,(H,5,6);/q-2;;;+2. The van der Waals surface area contributed by atoms with E-state index in [4.69, 9.17) is 10.2 Å². The molecule has 0 saturated carbocycles. The quantitative estimate of drug-likeness (QED) is 0.122. The molecule has 0 fully saturated rings. The van der Waals surface area contributed by atoms with E-state index in [0.29, 0.717) is 0 Å². The van der Waals surface area contributed by atoms with E-state index in [9.17, 15) is 9.59 Å². The van der Waals surface area contributed by atoms with Crippen molar-refractivity contribution in [3.63, 3.8) is 0 Å². The van der Waals surface area contributed by atoms with Crippen molar-refractivity contribution in [3.8, 4) is 0 Å². The van der Waals surface area contributed by atoms with Gasteiger partial charge in [0.15, 0.2) is 0 Å². The average Bonchev–Trinajstić information content (AvgIpc) is 3.52. The molecule has 4 nitrogen and oxygen atoms in total. The molecule has 0 aliphatic rings. The molecule has 0 amide bonds. The number of carbonyl (C=O) groups is 2. The van der Waals surface area contributed by atoms with Gasteiger partial charge in [0, 0.05) is 11.1 Å². The minimum atomic E-state index is -0.935. The molecule has 0 aliphatic carbocycles. The van der Waals surface area contributed by atoms with Crippen LogP contribution in [-0.2, 0) is 44.1 Å². The smallest absolute Gasteiger partial charge is 0.478 e. The molecule has 2 N–H and O–H groups in total. The molecule has 0 unspecified atom stereocenters. The summed E-state index contributed by atoms with van der Waals surface area (Å²) in [5.41, 5.74) is 3.24. The first-order valence-corrected chi connectivity index (χ1v) is 13.1. The van der Waals surface area contributed by atoms with E-state index in [-0.39, 0.29) is 32.9 Å². The largest absolute Gasteiger partial charge is 2.00 e. The van der Waals surface area contributed by atoms with Gasteiger partial charge in [-0.05, 0) is 13.8 Å². The second-order valence-electron chi connectivity index (χ2n) is 9.89. The van der Waals surface area contributed by atoms with Crippen molar-refractivity contribution in [2.75, 3.05) is 0 Å². The van der Waals surface area contributed by atoms with Crippen LogP contribution in [0, 0.1) is 0 Å². The van der Waals surface area contributed by atoms with Crippen molar-refractivity contribution in [3.05, 3.63) is 132 Å². The fourth-order valence-electron chi connectivity index (χ4n) is 4.79. The van der Waals surface area contributed by atoms with Crippen LogP contribution in [0.5, 0.6) is 0 Å². The molecule has 0 saturated heterocycles. The second-order valence-corrected chi connectivity index (χ2v) is 9.89. The van der Waals surface area contributed by atoms with E-state index in [1.165, 1.54) is 68.1 Å². The Morgan fingerprint density at radius 1 is 0.585 bits per heavy atom. The fraction of sp³-hybridized carbons (Fsp3) is 0.111. The van der Waals surface area contributed by atoms with E-state index in [2.05, 4.69) is 110 Å². The molecule has 0 atom stereocenters. The molecule has 41 heavy (non-hydrogen) atoms. The molecule has 6 aromatic carbocycles. The van der Waals surface area contributed by atoms with E-state index >= 15 is 0 Å². The maximum atomic E-state index is 9.60. The number of hydrogen-bond donors (Lipinski definition) is 2. The van der Waals surface area contributed by atoms with Crippen molar-refractivity contribution in [1.82, 2.24) is 0 Å². The van der Waals surface area contributed by atoms with Gasteiger partial charge in [0.1, 0.15) is 0 Å². The van der Waals surface area contributed by atoms with Crippen LogP contribution in [0.4, 0.5) is 0 Å². The Balaban J connectivity index is 0.000000304. The number of aliphatic carboxylic acids is 2. The first kappa shape index (κ1) is 31.3. The maximum Gasteiger partial charge on any atom is 2.00 e. The van der Waals surface area contributed by atoms with E-state index < -0.39 is 11.9 Å². The molecule has 0 aromatic heterocycles. The number of fused-ring (bicyclic) bond motifs is 6. The zero-order valence-corrected chi connectivity index (χ0v) is 24.8. The average molecular weight is 577 g/mol. The molecule has 0 heterocycles. The van der Waals surface area contributed by atoms with Gasteiger partial charge in [0.2, 0.25) is 0 Å². The van der Waals surface area contributed by atoms with Gasteiger partial charge in [-0.1, -0.05) is 98.8 Å². The van der Waals surface area contributed by atoms with Gasteiger partial charge in [0.05, 0.1) is 0 Å². The summed E-state index contributed by atoms with van der Waals surface area (Å²) in [6, 6.07) is 35.7. The topological polar surface area (TPSA) is 74.6 Å². The number of carboxylic acids is 2. The van der Waals surface area contributed by atoms with Crippen molar-refractivity contribution in [1.29, 1.82) is 0 Å². The molecule has 0 aliphatic heterocycles. The summed E-state index contributed by atoms with van der Waals surface area (Å²) in [6.07, 6.45) is 2.13. The van der Waals surface area contributed by atoms with Crippen LogP contribution in [0.3, 0.4) is 0 Å². The Bertz CT molecular complexity index is 1710. The number of benzene rings is 4. The van der Waals surface area contributed by atoms with Gasteiger partial charge in [-0.15, -0.1) is 78.5 Å². The number of hydrogen-bond acceptors (Lipinski definition) is 2. The summed E-state index contributed by atoms with van der Waals surface area (Å²) in [4.78, 5) is 19.2. The molecule has 6 rings (SSSR count). The molecule has 0 radical (unpaired) electrons. The number of rotatable bonds is 5. The van der Waals surface area contributed by atoms with Crippen molar-refractivity contribution in [2.45, 2.75) is 26.7 Å². The number of carboxylic acid groups (broad SMARTS) is 2. The fourth-order valence-corrected chi connectivity index (χ4v) is 4.79. The predicted octanol–water partition coefficient (Wildman–Crippen LogP) is 8.81. The predicted molar refractivity (Wildman–Crippen MR) is 166 cm³/mol. The van der Waals surface area contributed by atoms with Gasteiger partial charge < -0.3 is 10.2 Å². The van der Waals surface area contributed by atoms with Crippen molar-refractivity contribution in [2.24, 2.45) is 0 Å². The molecule has 204 valence electrons. The molecular formula is C36H32O4Ti. The third-order valence-corrected chi connectivity index (χ3v) is 6.89. The SMILES string of the molecule is C=C(C)C(=O)O.C=C(C)C(=O)O.[Ti+2].c1ccc2c(c1)[cH-]c1c(CCc3cccc4c3[cH-]c3ccccc34)cccc12. The Labute approximate surface area is 254 Å². The Morgan fingerprint density at radius 2 is 0.902 bits per heavy atom. The van der Waals surface area contributed by atoms with Crippen LogP contribution < -0.4 is 0 Å². The van der Waals surface area contributed by atoms with Gasteiger partial charge in [-0.2, -0.15) is 0 Å². The molecule has 5 heteroatoms. The molecule has 6 aromatic rings. The van der Waals surface area contributed by atoms with E-state index in [1.54, 1.807) is 0 Å². The molecular weight excluding hydrogens is 544 g/mol. The monoisotopic (exact) mass is 576 g/mol. The second kappa shape index (κ2) is 13.9. The number of aryl methyl sites for hydroxylation is 2. The van der Waals surface area contributed by atoms with E-state index in [1.807, 2.05) is 0 Å². The van der Waals surface area contributed by atoms with Crippen LogP contribution in [0.2, 0.25) is 0 Å². The minimum absolute atomic E-state index is 0. The van der Waals surface area contributed by atoms with Crippen LogP contribution in [0.25, 0.3) is 43.1 Å². The third-order valence-electron chi connectivity index (χ3n) is 6.89. The molecule has 0 bridgehead atoms. The van der Waals surface area contributed by atoms with Gasteiger partial charge in [0.25, 0.3) is 0 Å². The summed E-state index contributed by atoms with van der Waals surface area (Å²) >= 11 is 0. The maximum absolute atomic E-state index is 9.60. The van der Waals surface area contributed by atoms with Crippen LogP contribution in [0.1, 0.15) is 25.0 Å². The summed E-state index contributed by atoms with van der Waals surface area (Å²) in [7, 11) is 0. The van der Waals surface area contributed by atoms with Crippen LogP contribution >= 0.6 is 0 Å². The zero-order chi connectivity index (χ0) is 28.8. The van der Waals surface area contributed by atoms with Gasteiger partial charge in [-0.25, -0.2) is 9.59 Å². The Hall–Kier alpha value is -4.25. The zero-order valence-electron chi connectivity index (χ0n) is 23.3.